The molecule has 1 saturated heterocycles. The zero-order valence-corrected chi connectivity index (χ0v) is 9.68. The molecule has 0 radical (unpaired) electrons. The van der Waals surface area contributed by atoms with E-state index in [1.54, 1.807) is 7.11 Å². The molecular weight excluding hydrogens is 222 g/mol. The van der Waals surface area contributed by atoms with E-state index in [4.69, 9.17) is 4.74 Å². The molecule has 17 heavy (non-hydrogen) atoms. The number of amides is 1. The standard InChI is InChI=1S/C12H15NO4/c1-17-8-4-2-3-6-7-5-9(14)13(7)11(10(6)8)12(15)16/h6-8H,2-5H2,1H3,(H,15,16)/t6-,7+,8+/m1/s1. The summed E-state index contributed by atoms with van der Waals surface area (Å²) < 4.78 is 5.39. The van der Waals surface area contributed by atoms with Gasteiger partial charge in [0.05, 0.1) is 12.1 Å². The maximum absolute atomic E-state index is 11.6. The van der Waals surface area contributed by atoms with Gasteiger partial charge in [0.2, 0.25) is 5.91 Å². The number of hydrogen-bond acceptors (Lipinski definition) is 3. The van der Waals surface area contributed by atoms with Crippen molar-refractivity contribution in [2.45, 2.75) is 37.8 Å². The van der Waals surface area contributed by atoms with Crippen LogP contribution in [0.5, 0.6) is 0 Å². The van der Waals surface area contributed by atoms with Crippen molar-refractivity contribution in [3.05, 3.63) is 11.3 Å². The Bertz CT molecular complexity index is 428. The lowest BCUT2D eigenvalue weighted by atomic mass is 9.77. The summed E-state index contributed by atoms with van der Waals surface area (Å²) in [6, 6.07) is 0.0848. The lowest BCUT2D eigenvalue weighted by molar-refractivity contribution is -0.148. The maximum Gasteiger partial charge on any atom is 0.352 e. The van der Waals surface area contributed by atoms with Crippen molar-refractivity contribution in [3.8, 4) is 0 Å². The summed E-state index contributed by atoms with van der Waals surface area (Å²) in [5, 5.41) is 9.30. The summed E-state index contributed by atoms with van der Waals surface area (Å²) in [5.41, 5.74) is 1.05. The van der Waals surface area contributed by atoms with Crippen molar-refractivity contribution in [2.24, 2.45) is 5.92 Å². The van der Waals surface area contributed by atoms with Gasteiger partial charge in [0.1, 0.15) is 5.70 Å². The van der Waals surface area contributed by atoms with Gasteiger partial charge in [0.25, 0.3) is 0 Å². The molecule has 3 aliphatic rings. The van der Waals surface area contributed by atoms with Gasteiger partial charge < -0.3 is 14.7 Å². The first-order valence-corrected chi connectivity index (χ1v) is 5.97. The molecule has 0 unspecified atom stereocenters. The molecule has 1 saturated carbocycles. The van der Waals surface area contributed by atoms with Gasteiger partial charge in [0, 0.05) is 19.4 Å². The normalized spacial score (nSPS) is 35.5. The Morgan fingerprint density at radius 3 is 2.82 bits per heavy atom. The smallest absolute Gasteiger partial charge is 0.352 e. The number of carboxylic acids is 1. The van der Waals surface area contributed by atoms with Crippen LogP contribution in [0.2, 0.25) is 0 Å². The number of aliphatic carboxylic acids is 1. The Hall–Kier alpha value is -1.36. The maximum atomic E-state index is 11.6. The first kappa shape index (κ1) is 10.8. The van der Waals surface area contributed by atoms with Crippen LogP contribution in [0.4, 0.5) is 0 Å². The number of rotatable bonds is 2. The average molecular weight is 237 g/mol. The largest absolute Gasteiger partial charge is 0.477 e. The van der Waals surface area contributed by atoms with E-state index in [0.29, 0.717) is 6.42 Å². The molecule has 3 rings (SSSR count). The van der Waals surface area contributed by atoms with Gasteiger partial charge in [-0.2, -0.15) is 0 Å². The van der Waals surface area contributed by atoms with Crippen LogP contribution in [-0.4, -0.2) is 41.1 Å². The monoisotopic (exact) mass is 237 g/mol. The van der Waals surface area contributed by atoms with Crippen LogP contribution in [0.3, 0.4) is 0 Å². The van der Waals surface area contributed by atoms with Gasteiger partial charge in [-0.1, -0.05) is 0 Å². The van der Waals surface area contributed by atoms with Gasteiger partial charge in [-0.3, -0.25) is 4.79 Å². The summed E-state index contributed by atoms with van der Waals surface area (Å²) in [7, 11) is 1.61. The summed E-state index contributed by atoms with van der Waals surface area (Å²) in [6.07, 6.45) is 3.23. The lowest BCUT2D eigenvalue weighted by Crippen LogP contribution is -2.52. The third kappa shape index (κ3) is 1.29. The molecule has 2 aliphatic heterocycles. The Morgan fingerprint density at radius 1 is 1.47 bits per heavy atom. The number of ether oxygens (including phenoxy) is 1. The highest BCUT2D eigenvalue weighted by Crippen LogP contribution is 2.49. The predicted octanol–water partition coefficient (Wildman–Crippen LogP) is 0.755. The molecule has 3 atom stereocenters. The second kappa shape index (κ2) is 3.57. The van der Waals surface area contributed by atoms with Crippen LogP contribution >= 0.6 is 0 Å². The van der Waals surface area contributed by atoms with Crippen molar-refractivity contribution < 1.29 is 19.4 Å². The van der Waals surface area contributed by atoms with E-state index in [9.17, 15) is 14.7 Å². The van der Waals surface area contributed by atoms with Crippen LogP contribution in [-0.2, 0) is 14.3 Å². The molecule has 0 bridgehead atoms. The highest BCUT2D eigenvalue weighted by Gasteiger charge is 2.55. The lowest BCUT2D eigenvalue weighted by Gasteiger charge is -2.39. The fourth-order valence-electron chi connectivity index (χ4n) is 3.46. The highest BCUT2D eigenvalue weighted by molar-refractivity contribution is 5.98. The topological polar surface area (TPSA) is 66.8 Å². The molecular formula is C12H15NO4. The molecule has 1 N–H and O–H groups in total. The number of hydrogen-bond donors (Lipinski definition) is 1. The van der Waals surface area contributed by atoms with E-state index in [0.717, 1.165) is 24.8 Å². The van der Waals surface area contributed by atoms with E-state index in [-0.39, 0.29) is 29.7 Å². The molecule has 1 aliphatic carbocycles. The second-order valence-corrected chi connectivity index (χ2v) is 4.91. The van der Waals surface area contributed by atoms with Gasteiger partial charge >= 0.3 is 5.97 Å². The van der Waals surface area contributed by atoms with E-state index in [1.165, 1.54) is 4.90 Å². The predicted molar refractivity (Wildman–Crippen MR) is 58.1 cm³/mol. The number of nitrogens with zero attached hydrogens (tertiary/aromatic N) is 1. The quantitative estimate of drug-likeness (QED) is 0.720. The Labute approximate surface area is 99.0 Å². The second-order valence-electron chi connectivity index (χ2n) is 4.91. The van der Waals surface area contributed by atoms with E-state index in [2.05, 4.69) is 0 Å². The number of β-lactam (4-membered cyclic amide) rings is 1. The third-order valence-corrected chi connectivity index (χ3v) is 4.18. The zero-order chi connectivity index (χ0) is 12.2. The van der Waals surface area contributed by atoms with Gasteiger partial charge in [-0.05, 0) is 24.8 Å². The average Bonchev–Trinajstić information content (AvgIpc) is 2.58. The molecule has 0 aromatic rings. The van der Waals surface area contributed by atoms with Crippen LogP contribution in [0, 0.1) is 5.92 Å². The molecule has 0 aromatic carbocycles. The van der Waals surface area contributed by atoms with Crippen molar-refractivity contribution in [1.82, 2.24) is 4.90 Å². The number of carbonyl (C=O) groups excluding carboxylic acids is 1. The fraction of sp³-hybridized carbons (Fsp3) is 0.667. The van der Waals surface area contributed by atoms with Crippen molar-refractivity contribution >= 4 is 11.9 Å². The minimum absolute atomic E-state index is 0.0656. The van der Waals surface area contributed by atoms with Gasteiger partial charge in [-0.25, -0.2) is 4.79 Å². The molecule has 5 heteroatoms. The Balaban J connectivity index is 2.07. The van der Waals surface area contributed by atoms with Crippen molar-refractivity contribution in [3.63, 3.8) is 0 Å². The number of carbonyl (C=O) groups is 2. The van der Waals surface area contributed by atoms with Crippen molar-refractivity contribution in [1.29, 1.82) is 0 Å². The fourth-order valence-corrected chi connectivity index (χ4v) is 3.46. The Kier molecular flexibility index (Phi) is 2.26. The van der Waals surface area contributed by atoms with Crippen LogP contribution in [0.15, 0.2) is 11.3 Å². The van der Waals surface area contributed by atoms with E-state index in [1.807, 2.05) is 0 Å². The first-order valence-electron chi connectivity index (χ1n) is 5.97. The van der Waals surface area contributed by atoms with Gasteiger partial charge in [-0.15, -0.1) is 0 Å². The van der Waals surface area contributed by atoms with E-state index < -0.39 is 5.97 Å². The van der Waals surface area contributed by atoms with Crippen LogP contribution in [0.1, 0.15) is 25.7 Å². The first-order chi connectivity index (χ1) is 8.15. The molecule has 92 valence electrons. The van der Waals surface area contributed by atoms with Crippen molar-refractivity contribution in [2.75, 3.05) is 7.11 Å². The summed E-state index contributed by atoms with van der Waals surface area (Å²) in [4.78, 5) is 24.4. The molecule has 0 aromatic heterocycles. The van der Waals surface area contributed by atoms with Crippen LogP contribution in [0.25, 0.3) is 0 Å². The van der Waals surface area contributed by atoms with E-state index >= 15 is 0 Å². The molecule has 5 nitrogen and oxygen atoms in total. The summed E-state index contributed by atoms with van der Waals surface area (Å²) in [5.74, 6) is -0.855. The molecule has 1 amide bonds. The van der Waals surface area contributed by atoms with Gasteiger partial charge in [0.15, 0.2) is 0 Å². The molecule has 2 fully saturated rings. The number of carboxylic acid groups (broad SMARTS) is 1. The SMILES string of the molecule is CO[C@H]1CCC[C@H]2C1=C(C(=O)O)N1C(=O)C[C@@H]21. The van der Waals surface area contributed by atoms with Crippen LogP contribution < -0.4 is 0 Å². The molecule has 0 spiro atoms. The Morgan fingerprint density at radius 2 is 2.24 bits per heavy atom. The number of fused-ring (bicyclic) bond motifs is 3. The third-order valence-electron chi connectivity index (χ3n) is 4.18. The minimum Gasteiger partial charge on any atom is -0.477 e. The summed E-state index contributed by atoms with van der Waals surface area (Å²) >= 11 is 0. The highest BCUT2D eigenvalue weighted by atomic mass is 16.5. The zero-order valence-electron chi connectivity index (χ0n) is 9.68. The molecule has 2 heterocycles. The summed E-state index contributed by atoms with van der Waals surface area (Å²) in [6.45, 7) is 0. The number of methoxy groups -OCH3 is 1. The minimum atomic E-state index is -0.996.